The second-order valence-electron chi connectivity index (χ2n) is 7.25. The van der Waals surface area contributed by atoms with Crippen LogP contribution in [0.15, 0.2) is 35.5 Å². The van der Waals surface area contributed by atoms with Gasteiger partial charge in [0.15, 0.2) is 0 Å². The lowest BCUT2D eigenvalue weighted by atomic mass is 10.1. The number of carbonyl (C=O) groups is 2. The zero-order valence-electron chi connectivity index (χ0n) is 16.3. The summed E-state index contributed by atoms with van der Waals surface area (Å²) in [5.74, 6) is -4.52. The first-order valence-electron chi connectivity index (χ1n) is 8.92. The molecule has 7 nitrogen and oxygen atoms in total. The van der Waals surface area contributed by atoms with Crippen LogP contribution in [-0.4, -0.2) is 30.0 Å². The van der Waals surface area contributed by atoms with Gasteiger partial charge in [-0.1, -0.05) is 48.3 Å². The number of nitrogens with zero attached hydrogens (tertiary/aromatic N) is 1. The highest BCUT2D eigenvalue weighted by Gasteiger charge is 2.37. The van der Waals surface area contributed by atoms with Gasteiger partial charge in [0.2, 0.25) is 5.84 Å². The van der Waals surface area contributed by atoms with Crippen LogP contribution < -0.4 is 11.1 Å². The Bertz CT molecular complexity index is 655. The number of benzene rings is 1. The molecule has 0 bridgehead atoms. The molecule has 1 fully saturated rings. The smallest absolute Gasteiger partial charge is 0.407 e. The van der Waals surface area contributed by atoms with Gasteiger partial charge in [0, 0.05) is 11.6 Å². The summed E-state index contributed by atoms with van der Waals surface area (Å²) in [6.45, 7) is 5.54. The van der Waals surface area contributed by atoms with Gasteiger partial charge >= 0.3 is 18.5 Å². The zero-order chi connectivity index (χ0) is 21.2. The fraction of sp³-hybridized carbons (Fsp3) is 0.526. The highest BCUT2D eigenvalue weighted by atomic mass is 19.3. The Kier molecular flexibility index (Phi) is 8.81. The van der Waals surface area contributed by atoms with Crippen molar-refractivity contribution in [1.29, 1.82) is 0 Å². The molecule has 2 rings (SSSR count). The van der Waals surface area contributed by atoms with Gasteiger partial charge in [0.1, 0.15) is 5.60 Å². The second-order valence-corrected chi connectivity index (χ2v) is 7.25. The van der Waals surface area contributed by atoms with Crippen molar-refractivity contribution < 1.29 is 27.9 Å². The van der Waals surface area contributed by atoms with E-state index in [0.717, 1.165) is 12.8 Å². The van der Waals surface area contributed by atoms with Crippen molar-refractivity contribution in [3.8, 4) is 0 Å². The first kappa shape index (κ1) is 23.3. The van der Waals surface area contributed by atoms with E-state index in [2.05, 4.69) is 15.3 Å². The van der Waals surface area contributed by atoms with E-state index in [-0.39, 0.29) is 23.7 Å². The lowest BCUT2D eigenvalue weighted by molar-refractivity contribution is -0.128. The van der Waals surface area contributed by atoms with E-state index in [1.807, 2.05) is 20.8 Å². The topological polar surface area (TPSA) is 103 Å². The Morgan fingerprint density at radius 2 is 1.79 bits per heavy atom. The van der Waals surface area contributed by atoms with E-state index in [1.54, 1.807) is 6.07 Å². The number of nitrogens with one attached hydrogen (secondary N) is 1. The summed E-state index contributed by atoms with van der Waals surface area (Å²) in [7, 11) is 0. The molecule has 156 valence electrons. The molecule has 1 amide bonds. The number of nitrogens with two attached hydrogens (primary N) is 1. The molecule has 0 spiro atoms. The molecule has 0 aliphatic heterocycles. The summed E-state index contributed by atoms with van der Waals surface area (Å²) < 4.78 is 32.0. The number of hydrogen-bond donors (Lipinski definition) is 2. The Morgan fingerprint density at radius 1 is 1.21 bits per heavy atom. The van der Waals surface area contributed by atoms with Crippen molar-refractivity contribution in [3.63, 3.8) is 0 Å². The fourth-order valence-corrected chi connectivity index (χ4v) is 2.48. The number of oxime groups is 1. The number of alkyl carbamates (subject to hydrolysis) is 1. The molecule has 9 heteroatoms. The molecule has 0 atom stereocenters. The van der Waals surface area contributed by atoms with Gasteiger partial charge in [0.05, 0.1) is 0 Å². The van der Waals surface area contributed by atoms with Gasteiger partial charge in [-0.3, -0.25) is 4.79 Å². The summed E-state index contributed by atoms with van der Waals surface area (Å²) >= 11 is 0. The number of alkyl halides is 2. The van der Waals surface area contributed by atoms with Gasteiger partial charge in [-0.2, -0.15) is 8.78 Å². The van der Waals surface area contributed by atoms with E-state index in [0.29, 0.717) is 6.04 Å². The van der Waals surface area contributed by atoms with Gasteiger partial charge < -0.3 is 20.6 Å². The maximum Gasteiger partial charge on any atom is 0.407 e. The molecule has 0 aromatic heterocycles. The standard InChI is InChI=1S/C10H19NO2.C9H8F2N2O2/c1-10(2,3)13-9(12)11-8-6-4-5-7-8;10-9(11,8(12)13-15-6-14)7-4-2-1-3-5-7/h8H,4-7H2,1-3H3,(H,11,12);1-6H,(H2,12,13). The Hall–Kier alpha value is -2.71. The third-order valence-corrected chi connectivity index (χ3v) is 3.73. The number of halogens is 2. The van der Waals surface area contributed by atoms with Crippen LogP contribution in [0.2, 0.25) is 0 Å². The Labute approximate surface area is 163 Å². The van der Waals surface area contributed by atoms with E-state index in [9.17, 15) is 18.4 Å². The second kappa shape index (κ2) is 10.6. The van der Waals surface area contributed by atoms with E-state index in [1.165, 1.54) is 37.1 Å². The maximum atomic E-state index is 13.4. The Balaban J connectivity index is 0.000000283. The van der Waals surface area contributed by atoms with Gasteiger partial charge in [-0.15, -0.1) is 0 Å². The van der Waals surface area contributed by atoms with Crippen molar-refractivity contribution in [2.75, 3.05) is 0 Å². The Morgan fingerprint density at radius 3 is 2.29 bits per heavy atom. The molecule has 1 aromatic carbocycles. The van der Waals surface area contributed by atoms with Crippen LogP contribution in [0.25, 0.3) is 0 Å². The molecule has 1 aliphatic carbocycles. The molecule has 0 unspecified atom stereocenters. The van der Waals surface area contributed by atoms with Crippen LogP contribution in [0.1, 0.15) is 52.0 Å². The molecule has 1 aliphatic rings. The molecule has 3 N–H and O–H groups in total. The van der Waals surface area contributed by atoms with Crippen molar-refractivity contribution in [2.45, 2.75) is 64.0 Å². The van der Waals surface area contributed by atoms with Crippen LogP contribution in [0.4, 0.5) is 13.6 Å². The zero-order valence-corrected chi connectivity index (χ0v) is 16.3. The normalized spacial score (nSPS) is 15.2. The molecule has 28 heavy (non-hydrogen) atoms. The summed E-state index contributed by atoms with van der Waals surface area (Å²) in [6.07, 6.45) is 4.36. The SMILES string of the molecule is CC(C)(C)OC(=O)NC1CCCC1.N/C(=N\OC=O)C(F)(F)c1ccccc1. The molecule has 0 radical (unpaired) electrons. The summed E-state index contributed by atoms with van der Waals surface area (Å²) in [5, 5.41) is 5.64. The highest BCUT2D eigenvalue weighted by Crippen LogP contribution is 2.27. The quantitative estimate of drug-likeness (QED) is 0.258. The largest absolute Gasteiger partial charge is 0.444 e. The van der Waals surface area contributed by atoms with Crippen LogP contribution in [0.5, 0.6) is 0 Å². The predicted octanol–water partition coefficient (Wildman–Crippen LogP) is 3.68. The number of amides is 1. The average molecular weight is 399 g/mol. The third kappa shape index (κ3) is 8.32. The monoisotopic (exact) mass is 399 g/mol. The first-order valence-corrected chi connectivity index (χ1v) is 8.92. The lowest BCUT2D eigenvalue weighted by Gasteiger charge is -2.21. The van der Waals surface area contributed by atoms with Crippen LogP contribution in [0.3, 0.4) is 0 Å². The minimum Gasteiger partial charge on any atom is -0.444 e. The number of ether oxygens (including phenoxy) is 1. The summed E-state index contributed by atoms with van der Waals surface area (Å²) in [6, 6.07) is 7.21. The molecular weight excluding hydrogens is 372 g/mol. The number of rotatable bonds is 5. The van der Waals surface area contributed by atoms with E-state index < -0.39 is 11.8 Å². The van der Waals surface area contributed by atoms with Crippen LogP contribution in [-0.2, 0) is 20.3 Å². The lowest BCUT2D eigenvalue weighted by Crippen LogP contribution is -2.37. The molecule has 0 saturated heterocycles. The third-order valence-electron chi connectivity index (χ3n) is 3.73. The maximum absolute atomic E-state index is 13.4. The molecule has 1 saturated carbocycles. The predicted molar refractivity (Wildman–Crippen MR) is 101 cm³/mol. The van der Waals surface area contributed by atoms with Gasteiger partial charge in [-0.25, -0.2) is 4.79 Å². The number of hydrogen-bond acceptors (Lipinski definition) is 5. The molecule has 0 heterocycles. The van der Waals surface area contributed by atoms with Crippen molar-refractivity contribution in [2.24, 2.45) is 10.9 Å². The molecule has 1 aromatic rings. The van der Waals surface area contributed by atoms with Gasteiger partial charge in [-0.05, 0) is 33.6 Å². The van der Waals surface area contributed by atoms with Crippen molar-refractivity contribution in [1.82, 2.24) is 5.32 Å². The van der Waals surface area contributed by atoms with Gasteiger partial charge in [0.25, 0.3) is 0 Å². The molecular formula is C19H27F2N3O4. The minimum atomic E-state index is -3.45. The van der Waals surface area contributed by atoms with E-state index in [4.69, 9.17) is 10.5 Å². The first-order chi connectivity index (χ1) is 13.1. The minimum absolute atomic E-state index is 0.0894. The van der Waals surface area contributed by atoms with Crippen molar-refractivity contribution >= 4 is 18.4 Å². The average Bonchev–Trinajstić information content (AvgIpc) is 3.12. The summed E-state index contributed by atoms with van der Waals surface area (Å²) in [5.41, 5.74) is 4.28. The highest BCUT2D eigenvalue weighted by molar-refractivity contribution is 5.88. The number of amidine groups is 1. The van der Waals surface area contributed by atoms with Crippen molar-refractivity contribution in [3.05, 3.63) is 35.9 Å². The van der Waals surface area contributed by atoms with E-state index >= 15 is 0 Å². The summed E-state index contributed by atoms with van der Waals surface area (Å²) in [4.78, 5) is 24.8. The van der Waals surface area contributed by atoms with Crippen LogP contribution in [0, 0.1) is 0 Å². The van der Waals surface area contributed by atoms with Crippen LogP contribution >= 0.6 is 0 Å². The fourth-order valence-electron chi connectivity index (χ4n) is 2.48. The number of carbonyl (C=O) groups excluding carboxylic acids is 2.